The van der Waals surface area contributed by atoms with Crippen LogP contribution in [0.1, 0.15) is 55.0 Å². The molecule has 2 N–H and O–H groups in total. The van der Waals surface area contributed by atoms with Gasteiger partial charge in [-0.2, -0.15) is 5.10 Å². The van der Waals surface area contributed by atoms with E-state index in [1.807, 2.05) is 30.3 Å². The van der Waals surface area contributed by atoms with Gasteiger partial charge in [0, 0.05) is 55.5 Å². The topological polar surface area (TPSA) is 83.1 Å². The number of fused-ring (bicyclic) bond motifs is 1. The quantitative estimate of drug-likeness (QED) is 0.566. The summed E-state index contributed by atoms with van der Waals surface area (Å²) in [6.45, 7) is 6.51. The summed E-state index contributed by atoms with van der Waals surface area (Å²) in [5, 5.41) is 11.0. The Morgan fingerprint density at radius 3 is 2.91 bits per heavy atom. The van der Waals surface area contributed by atoms with Crippen molar-refractivity contribution in [2.75, 3.05) is 25.0 Å². The fourth-order valence-corrected chi connectivity index (χ4v) is 5.08. The number of pyridine rings is 1. The molecule has 172 valence electrons. The summed E-state index contributed by atoms with van der Waals surface area (Å²) in [7, 11) is 0. The summed E-state index contributed by atoms with van der Waals surface area (Å²) in [6, 6.07) is 8.59. The molecule has 0 spiro atoms. The summed E-state index contributed by atoms with van der Waals surface area (Å²) >= 11 is 0. The number of ether oxygens (including phenoxy) is 1. The fraction of sp³-hybridized carbons (Fsp3) is 0.423. The number of likely N-dealkylation sites (tertiary alicyclic amines) is 1. The van der Waals surface area contributed by atoms with Gasteiger partial charge >= 0.3 is 0 Å². The fourth-order valence-electron chi connectivity index (χ4n) is 5.08. The summed E-state index contributed by atoms with van der Waals surface area (Å²) in [6.07, 6.45) is 8.16. The van der Waals surface area contributed by atoms with Crippen LogP contribution in [0, 0.1) is 0 Å². The average Bonchev–Trinajstić information content (AvgIpc) is 3.57. The third-order valence-electron chi connectivity index (χ3n) is 6.82. The number of hydrogen-bond acceptors (Lipinski definition) is 5. The molecule has 1 atom stereocenters. The minimum absolute atomic E-state index is 0.131. The van der Waals surface area contributed by atoms with Crippen LogP contribution in [0.3, 0.4) is 0 Å². The Morgan fingerprint density at radius 2 is 2.12 bits per heavy atom. The number of carbonyl (C=O) groups excluding carboxylic acids is 1. The number of rotatable bonds is 7. The van der Waals surface area contributed by atoms with E-state index in [1.54, 1.807) is 6.92 Å². The second-order valence-corrected chi connectivity index (χ2v) is 8.95. The van der Waals surface area contributed by atoms with Crippen LogP contribution in [0.15, 0.2) is 36.7 Å². The standard InChI is InChI=1S/C26H31N5O2/c1-3-33-24-12-19-6-4-5-18(19)11-22(24)14-28-25-13-20(7-9-27-25)23-15-29-30-26(23)21-8-10-31(16-21)17(2)32/h7,9,11-13,15,21H,3-6,8,10,14,16H2,1-2H3,(H,27,28)(H,29,30)/t21-/m0/s1. The Bertz CT molecular complexity index is 1160. The molecule has 1 aliphatic carbocycles. The van der Waals surface area contributed by atoms with Gasteiger partial charge < -0.3 is 15.0 Å². The molecule has 0 radical (unpaired) electrons. The Balaban J connectivity index is 1.34. The molecule has 1 fully saturated rings. The van der Waals surface area contributed by atoms with Gasteiger partial charge in [0.1, 0.15) is 11.6 Å². The van der Waals surface area contributed by atoms with Gasteiger partial charge in [-0.05, 0) is 67.5 Å². The Labute approximate surface area is 194 Å². The summed E-state index contributed by atoms with van der Waals surface area (Å²) in [5.41, 5.74) is 7.26. The maximum atomic E-state index is 11.8. The van der Waals surface area contributed by atoms with Gasteiger partial charge in [0.2, 0.25) is 5.91 Å². The molecular weight excluding hydrogens is 414 g/mol. The number of aromatic nitrogens is 3. The Hall–Kier alpha value is -3.35. The number of aromatic amines is 1. The van der Waals surface area contributed by atoms with Gasteiger partial charge in [0.25, 0.3) is 0 Å². The van der Waals surface area contributed by atoms with E-state index in [0.717, 1.165) is 60.7 Å². The Morgan fingerprint density at radius 1 is 1.27 bits per heavy atom. The van der Waals surface area contributed by atoms with Gasteiger partial charge in [-0.15, -0.1) is 0 Å². The van der Waals surface area contributed by atoms with Crippen LogP contribution in [0.5, 0.6) is 5.75 Å². The van der Waals surface area contributed by atoms with Crippen LogP contribution in [0.2, 0.25) is 0 Å². The van der Waals surface area contributed by atoms with Crippen molar-refractivity contribution in [1.29, 1.82) is 0 Å². The first-order valence-electron chi connectivity index (χ1n) is 11.9. The average molecular weight is 446 g/mol. The predicted octanol–water partition coefficient (Wildman–Crippen LogP) is 4.31. The third-order valence-corrected chi connectivity index (χ3v) is 6.82. The molecule has 5 rings (SSSR count). The zero-order valence-electron chi connectivity index (χ0n) is 19.4. The lowest BCUT2D eigenvalue weighted by Gasteiger charge is -2.15. The van der Waals surface area contributed by atoms with Crippen LogP contribution in [-0.2, 0) is 24.2 Å². The molecule has 0 unspecified atom stereocenters. The van der Waals surface area contributed by atoms with Crippen molar-refractivity contribution in [3.05, 3.63) is 59.0 Å². The first kappa shape index (κ1) is 21.5. The van der Waals surface area contributed by atoms with Crippen molar-refractivity contribution in [1.82, 2.24) is 20.1 Å². The number of carbonyl (C=O) groups is 1. The molecule has 33 heavy (non-hydrogen) atoms. The number of nitrogens with zero attached hydrogens (tertiary/aromatic N) is 3. The van der Waals surface area contributed by atoms with Crippen molar-refractivity contribution >= 4 is 11.7 Å². The number of benzene rings is 1. The lowest BCUT2D eigenvalue weighted by atomic mass is 9.97. The minimum atomic E-state index is 0.131. The Kier molecular flexibility index (Phi) is 6.03. The van der Waals surface area contributed by atoms with Crippen molar-refractivity contribution < 1.29 is 9.53 Å². The molecule has 7 nitrogen and oxygen atoms in total. The largest absolute Gasteiger partial charge is 0.494 e. The van der Waals surface area contributed by atoms with Crippen LogP contribution < -0.4 is 10.1 Å². The van der Waals surface area contributed by atoms with Crippen LogP contribution in [-0.4, -0.2) is 45.7 Å². The molecule has 2 aliphatic rings. The van der Waals surface area contributed by atoms with Crippen LogP contribution in [0.25, 0.3) is 11.1 Å². The van der Waals surface area contributed by atoms with Crippen molar-refractivity contribution in [3.8, 4) is 16.9 Å². The molecular formula is C26H31N5O2. The highest BCUT2D eigenvalue weighted by atomic mass is 16.5. The number of amides is 1. The van der Waals surface area contributed by atoms with Gasteiger partial charge in [-0.3, -0.25) is 9.89 Å². The number of hydrogen-bond donors (Lipinski definition) is 2. The van der Waals surface area contributed by atoms with Crippen molar-refractivity contribution in [2.24, 2.45) is 0 Å². The zero-order chi connectivity index (χ0) is 22.8. The first-order chi connectivity index (χ1) is 16.1. The molecule has 3 aromatic rings. The van der Waals surface area contributed by atoms with Gasteiger partial charge in [-0.25, -0.2) is 4.98 Å². The highest BCUT2D eigenvalue weighted by Gasteiger charge is 2.28. The molecule has 3 heterocycles. The zero-order valence-corrected chi connectivity index (χ0v) is 19.4. The predicted molar refractivity (Wildman–Crippen MR) is 128 cm³/mol. The highest BCUT2D eigenvalue weighted by molar-refractivity contribution is 5.74. The maximum absolute atomic E-state index is 11.8. The van der Waals surface area contributed by atoms with Crippen LogP contribution >= 0.6 is 0 Å². The molecule has 1 aromatic carbocycles. The molecule has 1 saturated heterocycles. The highest BCUT2D eigenvalue weighted by Crippen LogP contribution is 2.34. The number of aryl methyl sites for hydroxylation is 2. The minimum Gasteiger partial charge on any atom is -0.494 e. The normalized spacial score (nSPS) is 17.3. The SMILES string of the molecule is CCOc1cc2c(cc1CNc1cc(-c3cn[nH]c3[C@H]3CCN(C(C)=O)C3)ccn1)CCC2. The van der Waals surface area contributed by atoms with E-state index in [0.29, 0.717) is 13.2 Å². The van der Waals surface area contributed by atoms with Gasteiger partial charge in [0.15, 0.2) is 0 Å². The van der Waals surface area contributed by atoms with Crippen LogP contribution in [0.4, 0.5) is 5.82 Å². The molecule has 0 saturated carbocycles. The lowest BCUT2D eigenvalue weighted by Crippen LogP contribution is -2.25. The van der Waals surface area contributed by atoms with E-state index in [2.05, 4.69) is 38.7 Å². The van der Waals surface area contributed by atoms with E-state index >= 15 is 0 Å². The van der Waals surface area contributed by atoms with E-state index in [-0.39, 0.29) is 11.8 Å². The third kappa shape index (κ3) is 4.45. The number of anilines is 1. The molecule has 0 bridgehead atoms. The van der Waals surface area contributed by atoms with Crippen molar-refractivity contribution in [2.45, 2.75) is 52.0 Å². The second kappa shape index (κ2) is 9.25. The number of H-pyrrole nitrogens is 1. The summed E-state index contributed by atoms with van der Waals surface area (Å²) in [4.78, 5) is 18.2. The smallest absolute Gasteiger partial charge is 0.219 e. The molecule has 7 heteroatoms. The van der Waals surface area contributed by atoms with Gasteiger partial charge in [0.05, 0.1) is 12.8 Å². The van der Waals surface area contributed by atoms with E-state index < -0.39 is 0 Å². The second-order valence-electron chi connectivity index (χ2n) is 8.95. The van der Waals surface area contributed by atoms with E-state index in [9.17, 15) is 4.79 Å². The molecule has 1 aliphatic heterocycles. The first-order valence-corrected chi connectivity index (χ1v) is 11.9. The van der Waals surface area contributed by atoms with E-state index in [4.69, 9.17) is 4.74 Å². The summed E-state index contributed by atoms with van der Waals surface area (Å²) in [5.74, 6) is 2.19. The van der Waals surface area contributed by atoms with Crippen molar-refractivity contribution in [3.63, 3.8) is 0 Å². The summed E-state index contributed by atoms with van der Waals surface area (Å²) < 4.78 is 5.93. The number of nitrogens with one attached hydrogen (secondary N) is 2. The maximum Gasteiger partial charge on any atom is 0.219 e. The molecule has 1 amide bonds. The van der Waals surface area contributed by atoms with E-state index in [1.165, 1.54) is 23.1 Å². The lowest BCUT2D eigenvalue weighted by molar-refractivity contribution is -0.127. The van der Waals surface area contributed by atoms with Gasteiger partial charge in [-0.1, -0.05) is 6.07 Å². The molecule has 2 aromatic heterocycles. The monoisotopic (exact) mass is 445 g/mol.